The Bertz CT molecular complexity index is 565. The van der Waals surface area contributed by atoms with Gasteiger partial charge in [-0.25, -0.2) is 8.42 Å². The average Bonchev–Trinajstić information content (AvgIpc) is 2.74. The Hall–Kier alpha value is -1.31. The highest BCUT2D eigenvalue weighted by Gasteiger charge is 2.32. The van der Waals surface area contributed by atoms with Crippen LogP contribution in [0.4, 0.5) is 11.4 Å². The highest BCUT2D eigenvalue weighted by atomic mass is 32.2. The van der Waals surface area contributed by atoms with Crippen molar-refractivity contribution in [3.05, 3.63) is 18.2 Å². The van der Waals surface area contributed by atoms with E-state index in [0.717, 1.165) is 6.26 Å². The van der Waals surface area contributed by atoms with Gasteiger partial charge in [0.05, 0.1) is 22.9 Å². The molecule has 6 nitrogen and oxygen atoms in total. The molecular formula is C12H18N2O4S. The summed E-state index contributed by atoms with van der Waals surface area (Å²) in [6.45, 7) is 1.15. The van der Waals surface area contributed by atoms with Gasteiger partial charge in [0.15, 0.2) is 9.84 Å². The van der Waals surface area contributed by atoms with Gasteiger partial charge < -0.3 is 20.9 Å². The molecule has 0 bridgehead atoms. The first kappa shape index (κ1) is 14.1. The van der Waals surface area contributed by atoms with Gasteiger partial charge in [0.1, 0.15) is 5.60 Å². The Kier molecular flexibility index (Phi) is 3.71. The summed E-state index contributed by atoms with van der Waals surface area (Å²) in [5.74, 6) is 0. The molecule has 19 heavy (non-hydrogen) atoms. The van der Waals surface area contributed by atoms with Crippen LogP contribution in [0.2, 0.25) is 0 Å². The second-order valence-electron chi connectivity index (χ2n) is 4.90. The molecule has 1 aromatic rings. The number of benzene rings is 1. The number of nitrogen functional groups attached to an aromatic ring is 1. The van der Waals surface area contributed by atoms with E-state index in [4.69, 9.17) is 10.5 Å². The molecular weight excluding hydrogens is 268 g/mol. The summed E-state index contributed by atoms with van der Waals surface area (Å²) < 4.78 is 27.9. The minimum Gasteiger partial charge on any atom is -0.397 e. The number of hydrogen-bond acceptors (Lipinski definition) is 6. The van der Waals surface area contributed by atoms with E-state index in [-0.39, 0.29) is 4.90 Å². The molecule has 1 unspecified atom stereocenters. The van der Waals surface area contributed by atoms with E-state index in [1.165, 1.54) is 12.1 Å². The first-order chi connectivity index (χ1) is 8.80. The lowest BCUT2D eigenvalue weighted by Crippen LogP contribution is -2.37. The third kappa shape index (κ3) is 3.37. The molecule has 1 aliphatic heterocycles. The van der Waals surface area contributed by atoms with E-state index in [1.807, 2.05) is 0 Å². The van der Waals surface area contributed by atoms with Crippen LogP contribution in [-0.4, -0.2) is 45.1 Å². The number of nitrogens with one attached hydrogen (secondary N) is 1. The fourth-order valence-corrected chi connectivity index (χ4v) is 2.58. The molecule has 2 rings (SSSR count). The topological polar surface area (TPSA) is 102 Å². The van der Waals surface area contributed by atoms with Crippen LogP contribution in [0.3, 0.4) is 0 Å². The number of anilines is 2. The number of aliphatic hydroxyl groups is 1. The molecule has 1 aliphatic rings. The van der Waals surface area contributed by atoms with Gasteiger partial charge in [0.2, 0.25) is 0 Å². The van der Waals surface area contributed by atoms with Gasteiger partial charge in [-0.15, -0.1) is 0 Å². The van der Waals surface area contributed by atoms with Gasteiger partial charge in [-0.1, -0.05) is 0 Å². The van der Waals surface area contributed by atoms with Crippen molar-refractivity contribution in [1.29, 1.82) is 0 Å². The first-order valence-electron chi connectivity index (χ1n) is 5.94. The number of rotatable bonds is 4. The second kappa shape index (κ2) is 4.99. The number of ether oxygens (including phenoxy) is 1. The predicted octanol–water partition coefficient (Wildman–Crippen LogP) is 0.236. The Labute approximate surface area is 112 Å². The summed E-state index contributed by atoms with van der Waals surface area (Å²) in [7, 11) is -3.26. The third-order valence-electron chi connectivity index (χ3n) is 3.14. The van der Waals surface area contributed by atoms with Crippen LogP contribution in [0.15, 0.2) is 23.1 Å². The van der Waals surface area contributed by atoms with Crippen LogP contribution in [0.5, 0.6) is 0 Å². The zero-order valence-corrected chi connectivity index (χ0v) is 11.5. The average molecular weight is 286 g/mol. The lowest BCUT2D eigenvalue weighted by atomic mass is 10.0. The maximum absolute atomic E-state index is 11.4. The minimum absolute atomic E-state index is 0.179. The molecule has 1 fully saturated rings. The van der Waals surface area contributed by atoms with Crippen LogP contribution in [0.25, 0.3) is 0 Å². The number of hydrogen-bond donors (Lipinski definition) is 3. The van der Waals surface area contributed by atoms with Crippen LogP contribution in [-0.2, 0) is 14.6 Å². The Morgan fingerprint density at radius 1 is 1.53 bits per heavy atom. The molecule has 106 valence electrons. The molecule has 1 heterocycles. The largest absolute Gasteiger partial charge is 0.397 e. The number of nitrogens with two attached hydrogens (primary N) is 1. The molecule has 0 aliphatic carbocycles. The van der Waals surface area contributed by atoms with Gasteiger partial charge in [-0.2, -0.15) is 0 Å². The van der Waals surface area contributed by atoms with Gasteiger partial charge >= 0.3 is 0 Å². The summed E-state index contributed by atoms with van der Waals surface area (Å²) >= 11 is 0. The summed E-state index contributed by atoms with van der Waals surface area (Å²) in [5.41, 5.74) is 5.86. The van der Waals surface area contributed by atoms with Crippen molar-refractivity contribution in [2.45, 2.75) is 16.9 Å². The Balaban J connectivity index is 2.09. The molecule has 1 atom stereocenters. The van der Waals surface area contributed by atoms with Gasteiger partial charge in [0, 0.05) is 25.8 Å². The van der Waals surface area contributed by atoms with Crippen LogP contribution >= 0.6 is 0 Å². The maximum Gasteiger partial charge on any atom is 0.175 e. The van der Waals surface area contributed by atoms with Crippen LogP contribution in [0.1, 0.15) is 6.42 Å². The predicted molar refractivity (Wildman–Crippen MR) is 72.8 cm³/mol. The molecule has 1 saturated heterocycles. The van der Waals surface area contributed by atoms with Crippen molar-refractivity contribution >= 4 is 21.2 Å². The van der Waals surface area contributed by atoms with Gasteiger partial charge in [-0.05, 0) is 18.2 Å². The molecule has 1 aromatic carbocycles. The fraction of sp³-hybridized carbons (Fsp3) is 0.500. The van der Waals surface area contributed by atoms with Crippen molar-refractivity contribution in [1.82, 2.24) is 0 Å². The summed E-state index contributed by atoms with van der Waals surface area (Å²) in [6.07, 6.45) is 1.70. The molecule has 4 N–H and O–H groups in total. The standard InChI is InChI=1S/C12H18N2O4S/c1-19(16,17)9-2-3-11(10(13)6-9)14-7-12(15)4-5-18-8-12/h2-3,6,14-15H,4-5,7-8,13H2,1H3. The zero-order chi connectivity index (χ0) is 14.1. The quantitative estimate of drug-likeness (QED) is 0.685. The van der Waals surface area contributed by atoms with E-state index in [0.29, 0.717) is 37.6 Å². The van der Waals surface area contributed by atoms with Crippen LogP contribution in [0, 0.1) is 0 Å². The second-order valence-corrected chi connectivity index (χ2v) is 6.92. The zero-order valence-electron chi connectivity index (χ0n) is 10.7. The van der Waals surface area contributed by atoms with E-state index in [9.17, 15) is 13.5 Å². The van der Waals surface area contributed by atoms with Crippen molar-refractivity contribution in [3.8, 4) is 0 Å². The molecule has 7 heteroatoms. The van der Waals surface area contributed by atoms with Crippen molar-refractivity contribution in [2.75, 3.05) is 37.1 Å². The lowest BCUT2D eigenvalue weighted by Gasteiger charge is -2.22. The molecule has 0 amide bonds. The van der Waals surface area contributed by atoms with Crippen molar-refractivity contribution in [3.63, 3.8) is 0 Å². The summed E-state index contributed by atoms with van der Waals surface area (Å²) in [4.78, 5) is 0.179. The highest BCUT2D eigenvalue weighted by Crippen LogP contribution is 2.25. The van der Waals surface area contributed by atoms with Gasteiger partial charge in [0.25, 0.3) is 0 Å². The maximum atomic E-state index is 11.4. The summed E-state index contributed by atoms with van der Waals surface area (Å²) in [5, 5.41) is 13.1. The summed E-state index contributed by atoms with van der Waals surface area (Å²) in [6, 6.07) is 4.50. The smallest absolute Gasteiger partial charge is 0.175 e. The number of sulfone groups is 1. The molecule has 0 saturated carbocycles. The van der Waals surface area contributed by atoms with E-state index < -0.39 is 15.4 Å². The lowest BCUT2D eigenvalue weighted by molar-refractivity contribution is 0.0382. The molecule has 0 radical (unpaired) electrons. The molecule has 0 aromatic heterocycles. The monoisotopic (exact) mass is 286 g/mol. The Morgan fingerprint density at radius 3 is 2.79 bits per heavy atom. The highest BCUT2D eigenvalue weighted by molar-refractivity contribution is 7.90. The van der Waals surface area contributed by atoms with Gasteiger partial charge in [-0.3, -0.25) is 0 Å². The van der Waals surface area contributed by atoms with E-state index >= 15 is 0 Å². The normalized spacial score (nSPS) is 23.5. The Morgan fingerprint density at radius 2 is 2.26 bits per heavy atom. The molecule has 0 spiro atoms. The van der Waals surface area contributed by atoms with Crippen LogP contribution < -0.4 is 11.1 Å². The third-order valence-corrected chi connectivity index (χ3v) is 4.25. The minimum atomic E-state index is -3.26. The van der Waals surface area contributed by atoms with Crippen molar-refractivity contribution < 1.29 is 18.3 Å². The van der Waals surface area contributed by atoms with Crippen molar-refractivity contribution in [2.24, 2.45) is 0 Å². The first-order valence-corrected chi connectivity index (χ1v) is 7.83. The SMILES string of the molecule is CS(=O)(=O)c1ccc(NCC2(O)CCOC2)c(N)c1. The van der Waals surface area contributed by atoms with E-state index in [2.05, 4.69) is 5.32 Å². The van der Waals surface area contributed by atoms with E-state index in [1.54, 1.807) is 6.07 Å². The fourth-order valence-electron chi connectivity index (χ4n) is 1.93.